The third-order valence-corrected chi connectivity index (χ3v) is 3.40. The Balaban J connectivity index is 2.54. The minimum atomic E-state index is -0.183. The van der Waals surface area contributed by atoms with Gasteiger partial charge in [0.25, 0.3) is 0 Å². The summed E-state index contributed by atoms with van der Waals surface area (Å²) in [5.41, 5.74) is 6.57. The van der Waals surface area contributed by atoms with Crippen molar-refractivity contribution >= 4 is 11.6 Å². The number of benzene rings is 1. The van der Waals surface area contributed by atoms with Gasteiger partial charge in [-0.1, -0.05) is 36.7 Å². The number of rotatable bonds is 4. The van der Waals surface area contributed by atoms with Crippen molar-refractivity contribution in [1.29, 1.82) is 0 Å². The van der Waals surface area contributed by atoms with Gasteiger partial charge in [-0.05, 0) is 31.0 Å². The predicted octanol–water partition coefficient (Wildman–Crippen LogP) is 2.55. The number of hydrogen-bond donors (Lipinski definition) is 2. The van der Waals surface area contributed by atoms with E-state index in [2.05, 4.69) is 15.6 Å². The average molecular weight is 277 g/mol. The van der Waals surface area contributed by atoms with Crippen LogP contribution in [0.3, 0.4) is 0 Å². The molecule has 2 rings (SSSR count). The van der Waals surface area contributed by atoms with Crippen LogP contribution in [0.4, 0.5) is 0 Å². The second-order valence-electron chi connectivity index (χ2n) is 4.36. The molecule has 1 heterocycles. The Morgan fingerprint density at radius 3 is 2.63 bits per heavy atom. The smallest absolute Gasteiger partial charge is 0.0743 e. The minimum Gasteiger partial charge on any atom is -0.271 e. The fourth-order valence-electron chi connectivity index (χ4n) is 2.12. The molecule has 0 amide bonds. The zero-order valence-electron chi connectivity index (χ0n) is 11.0. The quantitative estimate of drug-likeness (QED) is 0.665. The van der Waals surface area contributed by atoms with Crippen molar-refractivity contribution < 1.29 is 0 Å². The standard InChI is InChI=1S/C14H17ClN4/c1-3-13-11(8-9(2)18-19-13)14(17-16)10-6-4-5-7-12(10)15/h4-8,14,17H,3,16H2,1-2H3. The molecular formula is C14H17ClN4. The number of halogens is 1. The lowest BCUT2D eigenvalue weighted by molar-refractivity contribution is 0.622. The molecule has 0 aliphatic rings. The average Bonchev–Trinajstić information content (AvgIpc) is 2.42. The largest absolute Gasteiger partial charge is 0.271 e. The van der Waals surface area contributed by atoms with Gasteiger partial charge >= 0.3 is 0 Å². The molecule has 0 saturated heterocycles. The Morgan fingerprint density at radius 1 is 1.26 bits per heavy atom. The molecule has 0 bridgehead atoms. The third-order valence-electron chi connectivity index (χ3n) is 3.05. The first-order chi connectivity index (χ1) is 9.17. The maximum Gasteiger partial charge on any atom is 0.0743 e. The molecule has 1 aromatic heterocycles. The molecule has 1 aromatic carbocycles. The normalized spacial score (nSPS) is 12.4. The van der Waals surface area contributed by atoms with Crippen molar-refractivity contribution in [2.24, 2.45) is 5.84 Å². The fourth-order valence-corrected chi connectivity index (χ4v) is 2.36. The molecule has 5 heteroatoms. The Hall–Kier alpha value is -1.49. The first-order valence-corrected chi connectivity index (χ1v) is 6.58. The molecule has 0 fully saturated rings. The van der Waals surface area contributed by atoms with Gasteiger partial charge in [-0.25, -0.2) is 5.43 Å². The molecule has 0 saturated carbocycles. The van der Waals surface area contributed by atoms with Gasteiger partial charge < -0.3 is 0 Å². The molecule has 1 atom stereocenters. The number of nitrogens with zero attached hydrogens (tertiary/aromatic N) is 2. The van der Waals surface area contributed by atoms with E-state index in [1.807, 2.05) is 44.2 Å². The summed E-state index contributed by atoms with van der Waals surface area (Å²) in [7, 11) is 0. The van der Waals surface area contributed by atoms with E-state index in [9.17, 15) is 0 Å². The second-order valence-corrected chi connectivity index (χ2v) is 4.77. The van der Waals surface area contributed by atoms with Gasteiger partial charge in [-0.3, -0.25) is 5.84 Å². The summed E-state index contributed by atoms with van der Waals surface area (Å²) < 4.78 is 0. The van der Waals surface area contributed by atoms with E-state index in [1.54, 1.807) is 0 Å². The number of aromatic nitrogens is 2. The number of hydrogen-bond acceptors (Lipinski definition) is 4. The van der Waals surface area contributed by atoms with Crippen LogP contribution in [-0.2, 0) is 6.42 Å². The summed E-state index contributed by atoms with van der Waals surface area (Å²) in [4.78, 5) is 0. The summed E-state index contributed by atoms with van der Waals surface area (Å²) in [6, 6.07) is 9.48. The molecule has 0 spiro atoms. The van der Waals surface area contributed by atoms with Crippen LogP contribution >= 0.6 is 11.6 Å². The van der Waals surface area contributed by atoms with E-state index < -0.39 is 0 Å². The van der Waals surface area contributed by atoms with E-state index >= 15 is 0 Å². The topological polar surface area (TPSA) is 63.8 Å². The Morgan fingerprint density at radius 2 is 2.00 bits per heavy atom. The maximum atomic E-state index is 6.25. The Bertz CT molecular complexity index is 571. The lowest BCUT2D eigenvalue weighted by atomic mass is 9.97. The minimum absolute atomic E-state index is 0.183. The lowest BCUT2D eigenvalue weighted by Crippen LogP contribution is -2.30. The molecule has 2 aromatic rings. The zero-order chi connectivity index (χ0) is 13.8. The predicted molar refractivity (Wildman–Crippen MR) is 76.8 cm³/mol. The number of hydrazine groups is 1. The fraction of sp³-hybridized carbons (Fsp3) is 0.286. The van der Waals surface area contributed by atoms with Crippen molar-refractivity contribution in [1.82, 2.24) is 15.6 Å². The Labute approximate surface area is 118 Å². The van der Waals surface area contributed by atoms with Crippen LogP contribution in [0.15, 0.2) is 30.3 Å². The summed E-state index contributed by atoms with van der Waals surface area (Å²) in [6.45, 7) is 3.96. The van der Waals surface area contributed by atoms with Crippen LogP contribution in [-0.4, -0.2) is 10.2 Å². The molecule has 19 heavy (non-hydrogen) atoms. The van der Waals surface area contributed by atoms with Crippen molar-refractivity contribution in [3.8, 4) is 0 Å². The van der Waals surface area contributed by atoms with Crippen molar-refractivity contribution in [3.05, 3.63) is 57.9 Å². The summed E-state index contributed by atoms with van der Waals surface area (Å²) in [5.74, 6) is 5.72. The van der Waals surface area contributed by atoms with Gasteiger partial charge in [-0.15, -0.1) is 0 Å². The van der Waals surface area contributed by atoms with E-state index in [1.165, 1.54) is 0 Å². The van der Waals surface area contributed by atoms with Crippen molar-refractivity contribution in [2.75, 3.05) is 0 Å². The zero-order valence-corrected chi connectivity index (χ0v) is 11.8. The van der Waals surface area contributed by atoms with Gasteiger partial charge in [0.1, 0.15) is 0 Å². The first kappa shape index (κ1) is 13.9. The van der Waals surface area contributed by atoms with Gasteiger partial charge in [0.2, 0.25) is 0 Å². The van der Waals surface area contributed by atoms with Crippen LogP contribution in [0, 0.1) is 6.92 Å². The monoisotopic (exact) mass is 276 g/mol. The number of aryl methyl sites for hydroxylation is 2. The summed E-state index contributed by atoms with van der Waals surface area (Å²) >= 11 is 6.25. The van der Waals surface area contributed by atoms with E-state index in [-0.39, 0.29) is 6.04 Å². The summed E-state index contributed by atoms with van der Waals surface area (Å²) in [5, 5.41) is 9.01. The highest BCUT2D eigenvalue weighted by atomic mass is 35.5. The SMILES string of the molecule is CCc1nnc(C)cc1C(NN)c1ccccc1Cl. The molecule has 0 aliphatic carbocycles. The molecule has 0 radical (unpaired) electrons. The molecule has 3 N–H and O–H groups in total. The maximum absolute atomic E-state index is 6.25. The van der Waals surface area contributed by atoms with Gasteiger partial charge in [0.15, 0.2) is 0 Å². The van der Waals surface area contributed by atoms with Gasteiger partial charge in [-0.2, -0.15) is 10.2 Å². The number of nitrogens with one attached hydrogen (secondary N) is 1. The third kappa shape index (κ3) is 2.92. The lowest BCUT2D eigenvalue weighted by Gasteiger charge is -2.20. The van der Waals surface area contributed by atoms with Crippen molar-refractivity contribution in [2.45, 2.75) is 26.3 Å². The molecular weight excluding hydrogens is 260 g/mol. The van der Waals surface area contributed by atoms with Crippen LogP contribution in [0.1, 0.15) is 35.5 Å². The van der Waals surface area contributed by atoms with Crippen LogP contribution in [0.25, 0.3) is 0 Å². The summed E-state index contributed by atoms with van der Waals surface area (Å²) in [6.07, 6.45) is 0.797. The van der Waals surface area contributed by atoms with E-state index in [0.29, 0.717) is 5.02 Å². The van der Waals surface area contributed by atoms with E-state index in [4.69, 9.17) is 17.4 Å². The molecule has 4 nitrogen and oxygen atoms in total. The first-order valence-electron chi connectivity index (χ1n) is 6.21. The van der Waals surface area contributed by atoms with Crippen LogP contribution in [0.5, 0.6) is 0 Å². The molecule has 100 valence electrons. The number of nitrogens with two attached hydrogens (primary N) is 1. The second kappa shape index (κ2) is 6.10. The van der Waals surface area contributed by atoms with Crippen molar-refractivity contribution in [3.63, 3.8) is 0 Å². The highest BCUT2D eigenvalue weighted by Gasteiger charge is 2.19. The van der Waals surface area contributed by atoms with Gasteiger partial charge in [0, 0.05) is 10.6 Å². The van der Waals surface area contributed by atoms with Gasteiger partial charge in [0.05, 0.1) is 17.4 Å². The van der Waals surface area contributed by atoms with Crippen LogP contribution in [0.2, 0.25) is 5.02 Å². The highest BCUT2D eigenvalue weighted by molar-refractivity contribution is 6.31. The van der Waals surface area contributed by atoms with E-state index in [0.717, 1.165) is 28.9 Å². The highest BCUT2D eigenvalue weighted by Crippen LogP contribution is 2.29. The molecule has 0 aliphatic heterocycles. The molecule has 1 unspecified atom stereocenters. The van der Waals surface area contributed by atoms with Crippen LogP contribution < -0.4 is 11.3 Å². The Kier molecular flexibility index (Phi) is 4.47.